The van der Waals surface area contributed by atoms with Crippen LogP contribution in [0.1, 0.15) is 11.1 Å². The monoisotopic (exact) mass is 305 g/mol. The van der Waals surface area contributed by atoms with Gasteiger partial charge in [-0.2, -0.15) is 0 Å². The number of halogens is 1. The molecule has 0 spiro atoms. The van der Waals surface area contributed by atoms with Crippen molar-refractivity contribution in [2.24, 2.45) is 0 Å². The summed E-state index contributed by atoms with van der Waals surface area (Å²) < 4.78 is 18.7. The number of aryl methyl sites for hydroxylation is 1. The molecule has 2 aromatic rings. The zero-order valence-corrected chi connectivity index (χ0v) is 13.2. The Morgan fingerprint density at radius 1 is 1.14 bits per heavy atom. The number of hydrogen-bond acceptors (Lipinski definition) is 3. The molecule has 2 nitrogen and oxygen atoms in total. The maximum Gasteiger partial charge on any atom is 0.137 e. The fourth-order valence-electron chi connectivity index (χ4n) is 1.99. The van der Waals surface area contributed by atoms with E-state index in [-0.39, 0.29) is 5.82 Å². The van der Waals surface area contributed by atoms with Gasteiger partial charge in [-0.05, 0) is 36.2 Å². The molecule has 2 rings (SSSR count). The Labute approximate surface area is 129 Å². The molecule has 0 bridgehead atoms. The number of hydrogen-bond donors (Lipinski definition) is 1. The van der Waals surface area contributed by atoms with Crippen LogP contribution in [-0.4, -0.2) is 20.3 Å². The van der Waals surface area contributed by atoms with Crippen LogP contribution in [-0.2, 0) is 11.3 Å². The Hall–Kier alpha value is -1.36. The Bertz CT molecular complexity index is 589. The number of rotatable bonds is 7. The van der Waals surface area contributed by atoms with Gasteiger partial charge in [-0.3, -0.25) is 0 Å². The molecule has 0 atom stereocenters. The van der Waals surface area contributed by atoms with Gasteiger partial charge in [-0.1, -0.05) is 36.0 Å². The van der Waals surface area contributed by atoms with E-state index in [0.29, 0.717) is 11.5 Å². The van der Waals surface area contributed by atoms with E-state index in [1.54, 1.807) is 19.2 Å². The van der Waals surface area contributed by atoms with E-state index in [2.05, 4.69) is 30.4 Å². The van der Waals surface area contributed by atoms with Crippen LogP contribution in [0, 0.1) is 12.7 Å². The van der Waals surface area contributed by atoms with Crippen LogP contribution in [0.3, 0.4) is 0 Å². The van der Waals surface area contributed by atoms with Crippen LogP contribution in [0.2, 0.25) is 0 Å². The minimum absolute atomic E-state index is 0.174. The van der Waals surface area contributed by atoms with Crippen molar-refractivity contribution in [2.45, 2.75) is 23.3 Å². The van der Waals surface area contributed by atoms with Crippen LogP contribution < -0.4 is 5.32 Å². The molecule has 2 aromatic carbocycles. The van der Waals surface area contributed by atoms with E-state index in [1.165, 1.54) is 23.4 Å². The summed E-state index contributed by atoms with van der Waals surface area (Å²) in [7, 11) is 1.69. The summed E-state index contributed by atoms with van der Waals surface area (Å²) in [5.41, 5.74) is 2.38. The fourth-order valence-corrected chi connectivity index (χ4v) is 2.89. The molecule has 0 radical (unpaired) electrons. The summed E-state index contributed by atoms with van der Waals surface area (Å²) in [5, 5.41) is 3.32. The van der Waals surface area contributed by atoms with Crippen LogP contribution in [0.25, 0.3) is 0 Å². The van der Waals surface area contributed by atoms with E-state index in [0.717, 1.165) is 23.5 Å². The first kappa shape index (κ1) is 16.0. The lowest BCUT2D eigenvalue weighted by Crippen LogP contribution is -2.18. The van der Waals surface area contributed by atoms with Gasteiger partial charge in [0, 0.05) is 30.0 Å². The zero-order chi connectivity index (χ0) is 15.1. The molecule has 1 N–H and O–H groups in total. The summed E-state index contributed by atoms with van der Waals surface area (Å²) >= 11 is 1.47. The van der Waals surface area contributed by atoms with Crippen molar-refractivity contribution >= 4 is 11.8 Å². The summed E-state index contributed by atoms with van der Waals surface area (Å²) in [6.07, 6.45) is 0. The molecule has 0 aliphatic rings. The normalized spacial score (nSPS) is 10.8. The largest absolute Gasteiger partial charge is 0.383 e. The van der Waals surface area contributed by atoms with Gasteiger partial charge in [0.2, 0.25) is 0 Å². The number of ether oxygens (including phenoxy) is 1. The first-order valence-electron chi connectivity index (χ1n) is 6.92. The predicted molar refractivity (Wildman–Crippen MR) is 85.3 cm³/mol. The van der Waals surface area contributed by atoms with Gasteiger partial charge < -0.3 is 10.1 Å². The molecule has 4 heteroatoms. The average Bonchev–Trinajstić information content (AvgIpc) is 2.48. The first-order chi connectivity index (χ1) is 10.2. The second-order valence-corrected chi connectivity index (χ2v) is 5.89. The van der Waals surface area contributed by atoms with Gasteiger partial charge >= 0.3 is 0 Å². The van der Waals surface area contributed by atoms with Gasteiger partial charge in [0.1, 0.15) is 5.82 Å². The van der Waals surface area contributed by atoms with Crippen molar-refractivity contribution in [3.8, 4) is 0 Å². The molecule has 0 amide bonds. The quantitative estimate of drug-likeness (QED) is 0.781. The van der Waals surface area contributed by atoms with Crippen LogP contribution in [0.5, 0.6) is 0 Å². The number of nitrogens with one attached hydrogen (secondary N) is 1. The Kier molecular flexibility index (Phi) is 6.23. The lowest BCUT2D eigenvalue weighted by Gasteiger charge is -2.10. The summed E-state index contributed by atoms with van der Waals surface area (Å²) in [6, 6.07) is 13.1. The predicted octanol–water partition coefficient (Wildman–Crippen LogP) is 4.02. The minimum atomic E-state index is -0.174. The van der Waals surface area contributed by atoms with Crippen LogP contribution in [0.4, 0.5) is 4.39 Å². The first-order valence-corrected chi connectivity index (χ1v) is 7.74. The number of methoxy groups -OCH3 is 1. The van der Waals surface area contributed by atoms with Gasteiger partial charge in [0.05, 0.1) is 6.61 Å². The standard InChI is InChI=1S/C17H20FNOS/c1-13-11-14(12-19-9-10-20-2)7-8-16(13)21-17-6-4-3-5-15(17)18/h3-8,11,19H,9-10,12H2,1-2H3. The Morgan fingerprint density at radius 3 is 2.67 bits per heavy atom. The topological polar surface area (TPSA) is 21.3 Å². The molecule has 0 unspecified atom stereocenters. The highest BCUT2D eigenvalue weighted by molar-refractivity contribution is 7.99. The van der Waals surface area contributed by atoms with Crippen LogP contribution in [0.15, 0.2) is 52.3 Å². The maximum atomic E-state index is 13.7. The molecule has 0 aliphatic carbocycles. The number of benzene rings is 2. The third kappa shape index (κ3) is 4.84. The smallest absolute Gasteiger partial charge is 0.137 e. The highest BCUT2D eigenvalue weighted by Crippen LogP contribution is 2.32. The summed E-state index contributed by atoms with van der Waals surface area (Å²) in [5.74, 6) is -0.174. The lowest BCUT2D eigenvalue weighted by molar-refractivity contribution is 0.199. The van der Waals surface area contributed by atoms with Crippen LogP contribution >= 0.6 is 11.8 Å². The lowest BCUT2D eigenvalue weighted by atomic mass is 10.1. The third-order valence-electron chi connectivity index (χ3n) is 3.11. The molecule has 0 saturated heterocycles. The third-order valence-corrected chi connectivity index (χ3v) is 4.34. The molecular weight excluding hydrogens is 285 g/mol. The summed E-state index contributed by atoms with van der Waals surface area (Å²) in [6.45, 7) is 4.41. The summed E-state index contributed by atoms with van der Waals surface area (Å²) in [4.78, 5) is 1.74. The van der Waals surface area contributed by atoms with Crippen molar-refractivity contribution < 1.29 is 9.13 Å². The molecule has 0 aromatic heterocycles. The zero-order valence-electron chi connectivity index (χ0n) is 12.4. The average molecular weight is 305 g/mol. The Balaban J connectivity index is 2.01. The van der Waals surface area contributed by atoms with E-state index in [9.17, 15) is 4.39 Å². The molecule has 21 heavy (non-hydrogen) atoms. The van der Waals surface area contributed by atoms with Crippen molar-refractivity contribution in [1.82, 2.24) is 5.32 Å². The molecule has 0 fully saturated rings. The second kappa shape index (κ2) is 8.17. The fraction of sp³-hybridized carbons (Fsp3) is 0.294. The van der Waals surface area contributed by atoms with Gasteiger partial charge in [-0.25, -0.2) is 4.39 Å². The second-order valence-electron chi connectivity index (χ2n) is 4.80. The molecule has 0 saturated carbocycles. The molecular formula is C17H20FNOS. The van der Waals surface area contributed by atoms with Crippen molar-refractivity contribution in [1.29, 1.82) is 0 Å². The highest BCUT2D eigenvalue weighted by atomic mass is 32.2. The molecule has 0 aliphatic heterocycles. The SMILES string of the molecule is COCCNCc1ccc(Sc2ccccc2F)c(C)c1. The molecule has 112 valence electrons. The van der Waals surface area contributed by atoms with E-state index < -0.39 is 0 Å². The molecule has 0 heterocycles. The maximum absolute atomic E-state index is 13.7. The van der Waals surface area contributed by atoms with E-state index in [1.807, 2.05) is 6.07 Å². The van der Waals surface area contributed by atoms with Gasteiger partial charge in [0.15, 0.2) is 0 Å². The highest BCUT2D eigenvalue weighted by Gasteiger charge is 2.06. The van der Waals surface area contributed by atoms with E-state index >= 15 is 0 Å². The van der Waals surface area contributed by atoms with E-state index in [4.69, 9.17) is 4.74 Å². The van der Waals surface area contributed by atoms with Crippen molar-refractivity contribution in [2.75, 3.05) is 20.3 Å². The Morgan fingerprint density at radius 2 is 1.95 bits per heavy atom. The van der Waals surface area contributed by atoms with Crippen molar-refractivity contribution in [3.63, 3.8) is 0 Å². The minimum Gasteiger partial charge on any atom is -0.383 e. The van der Waals surface area contributed by atoms with Crippen molar-refractivity contribution in [3.05, 3.63) is 59.4 Å². The van der Waals surface area contributed by atoms with Gasteiger partial charge in [-0.15, -0.1) is 0 Å². The van der Waals surface area contributed by atoms with Gasteiger partial charge in [0.25, 0.3) is 0 Å².